The molecule has 0 aliphatic heterocycles. The van der Waals surface area contributed by atoms with Crippen molar-refractivity contribution in [2.24, 2.45) is 16.3 Å². The van der Waals surface area contributed by atoms with Gasteiger partial charge in [-0.25, -0.2) is 0 Å². The maximum Gasteiger partial charge on any atom is 0.0956 e. The smallest absolute Gasteiger partial charge is 0.0956 e. The van der Waals surface area contributed by atoms with Gasteiger partial charge in [-0.1, -0.05) is 39.9 Å². The molecule has 0 N–H and O–H groups in total. The molecule has 88 valence electrons. The van der Waals surface area contributed by atoms with Crippen LogP contribution < -0.4 is 0 Å². The van der Waals surface area contributed by atoms with Crippen molar-refractivity contribution >= 4 is 22.9 Å². The average molecular weight is 228 g/mol. The Hall–Kier alpha value is -0.440. The van der Waals surface area contributed by atoms with Gasteiger partial charge in [-0.2, -0.15) is 0 Å². The fourth-order valence-electron chi connectivity index (χ4n) is 0.954. The summed E-state index contributed by atoms with van der Waals surface area (Å²) in [5.74, 6) is 1.45. The van der Waals surface area contributed by atoms with E-state index in [0.717, 1.165) is 10.7 Å². The topological polar surface area (TPSA) is 15.6 Å². The Bertz CT molecular complexity index is 249. The van der Waals surface area contributed by atoms with E-state index in [1.54, 1.807) is 0 Å². The molecule has 0 aliphatic carbocycles. The molecule has 15 heavy (non-hydrogen) atoms. The van der Waals surface area contributed by atoms with Crippen molar-refractivity contribution in [3.05, 3.63) is 0 Å². The van der Waals surface area contributed by atoms with Gasteiger partial charge in [-0.05, 0) is 18.3 Å². The third-order valence-electron chi connectivity index (χ3n) is 2.89. The van der Waals surface area contributed by atoms with Crippen LogP contribution in [-0.2, 0) is 0 Å². The molecule has 0 fully saturated rings. The highest BCUT2D eigenvalue weighted by Crippen LogP contribution is 2.26. The highest BCUT2D eigenvalue weighted by atomic mass is 32.1. The van der Waals surface area contributed by atoms with Crippen molar-refractivity contribution in [2.45, 2.75) is 34.6 Å². The number of hydrogen-bond acceptors (Lipinski definition) is 2. The van der Waals surface area contributed by atoms with Gasteiger partial charge < -0.3 is 4.90 Å². The van der Waals surface area contributed by atoms with E-state index in [1.165, 1.54) is 0 Å². The van der Waals surface area contributed by atoms with Crippen LogP contribution >= 0.6 is 12.2 Å². The first-order chi connectivity index (χ1) is 6.66. The van der Waals surface area contributed by atoms with Crippen LogP contribution in [0.5, 0.6) is 0 Å². The summed E-state index contributed by atoms with van der Waals surface area (Å²) in [4.78, 5) is 7.51. The molecule has 0 aliphatic rings. The first-order valence-electron chi connectivity index (χ1n) is 5.37. The maximum atomic E-state index is 5.40. The zero-order chi connectivity index (χ0) is 12.2. The second-order valence-electron chi connectivity index (χ2n) is 5.31. The summed E-state index contributed by atoms with van der Waals surface area (Å²) in [5, 5.41) is 0. The highest BCUT2D eigenvalue weighted by molar-refractivity contribution is 7.80. The molecule has 0 aromatic heterocycles. The second kappa shape index (κ2) is 5.59. The van der Waals surface area contributed by atoms with Gasteiger partial charge in [-0.3, -0.25) is 4.99 Å². The Morgan fingerprint density at radius 3 is 2.13 bits per heavy atom. The third kappa shape index (κ3) is 5.26. The lowest BCUT2D eigenvalue weighted by molar-refractivity contribution is 0.334. The highest BCUT2D eigenvalue weighted by Gasteiger charge is 2.23. The lowest BCUT2D eigenvalue weighted by atomic mass is 9.80. The summed E-state index contributed by atoms with van der Waals surface area (Å²) in [7, 11) is 3.99. The van der Waals surface area contributed by atoms with Crippen LogP contribution in [0.3, 0.4) is 0 Å². The minimum atomic E-state index is 0.235. The van der Waals surface area contributed by atoms with Crippen LogP contribution in [0.2, 0.25) is 0 Å². The zero-order valence-electron chi connectivity index (χ0n) is 11.1. The van der Waals surface area contributed by atoms with E-state index in [1.807, 2.05) is 25.9 Å². The van der Waals surface area contributed by atoms with Crippen LogP contribution in [0.25, 0.3) is 0 Å². The molecule has 0 saturated carbocycles. The van der Waals surface area contributed by atoms with Crippen LogP contribution in [-0.4, -0.2) is 36.2 Å². The fourth-order valence-corrected chi connectivity index (χ4v) is 1.37. The lowest BCUT2D eigenvalue weighted by Gasteiger charge is -2.27. The first-order valence-corrected chi connectivity index (χ1v) is 5.78. The largest absolute Gasteiger partial charge is 0.367 e. The van der Waals surface area contributed by atoms with Gasteiger partial charge in [0.2, 0.25) is 0 Å². The predicted octanol–water partition coefficient (Wildman–Crippen LogP) is 3.02. The number of hydrogen-bond donors (Lipinski definition) is 0. The maximum absolute atomic E-state index is 5.40. The minimum Gasteiger partial charge on any atom is -0.367 e. The number of amidine groups is 1. The van der Waals surface area contributed by atoms with Crippen LogP contribution in [0, 0.1) is 11.3 Å². The van der Waals surface area contributed by atoms with Crippen molar-refractivity contribution < 1.29 is 0 Å². The fraction of sp³-hybridized carbons (Fsp3) is 0.833. The normalized spacial score (nSPS) is 15.0. The van der Waals surface area contributed by atoms with Gasteiger partial charge in [0, 0.05) is 19.0 Å². The molecule has 0 spiro atoms. The number of nitrogens with zero attached hydrogens (tertiary/aromatic N) is 2. The molecule has 1 unspecified atom stereocenters. The summed E-state index contributed by atoms with van der Waals surface area (Å²) in [6.45, 7) is 11.5. The molecule has 0 radical (unpaired) electrons. The van der Waals surface area contributed by atoms with Gasteiger partial charge in [0.15, 0.2) is 0 Å². The van der Waals surface area contributed by atoms with Gasteiger partial charge in [0.1, 0.15) is 0 Å². The Morgan fingerprint density at radius 1 is 1.33 bits per heavy atom. The van der Waals surface area contributed by atoms with Crippen molar-refractivity contribution in [1.29, 1.82) is 0 Å². The van der Waals surface area contributed by atoms with Crippen LogP contribution in [0.1, 0.15) is 34.6 Å². The van der Waals surface area contributed by atoms with Gasteiger partial charge in [-0.15, -0.1) is 0 Å². The first kappa shape index (κ1) is 14.6. The van der Waals surface area contributed by atoms with Gasteiger partial charge in [0.25, 0.3) is 0 Å². The minimum absolute atomic E-state index is 0.235. The number of thiocarbonyl (C=S) groups is 1. The molecular weight excluding hydrogens is 204 g/mol. The van der Waals surface area contributed by atoms with E-state index >= 15 is 0 Å². The van der Waals surface area contributed by atoms with E-state index < -0.39 is 0 Å². The number of rotatable bonds is 3. The molecule has 0 heterocycles. The SMILES string of the molecule is CC(=NCC(=S)C(C)C(C)(C)C)N(C)C. The summed E-state index contributed by atoms with van der Waals surface area (Å²) < 4.78 is 0. The second-order valence-corrected chi connectivity index (χ2v) is 5.84. The summed E-state index contributed by atoms with van der Waals surface area (Å²) in [6, 6.07) is 0. The van der Waals surface area contributed by atoms with E-state index in [-0.39, 0.29) is 5.41 Å². The Balaban J connectivity index is 4.34. The predicted molar refractivity (Wildman–Crippen MR) is 72.9 cm³/mol. The molecule has 0 aromatic rings. The van der Waals surface area contributed by atoms with Crippen LogP contribution in [0.15, 0.2) is 4.99 Å². The van der Waals surface area contributed by atoms with E-state index in [0.29, 0.717) is 12.5 Å². The molecule has 0 saturated heterocycles. The van der Waals surface area contributed by atoms with E-state index in [9.17, 15) is 0 Å². The Labute approximate surface area is 99.8 Å². The average Bonchev–Trinajstić information content (AvgIpc) is 2.10. The molecule has 2 nitrogen and oxygen atoms in total. The molecule has 0 rings (SSSR count). The summed E-state index contributed by atoms with van der Waals surface area (Å²) in [5.41, 5.74) is 0.235. The summed E-state index contributed by atoms with van der Waals surface area (Å²) >= 11 is 5.40. The lowest BCUT2D eigenvalue weighted by Crippen LogP contribution is -2.27. The van der Waals surface area contributed by atoms with Crippen molar-refractivity contribution in [1.82, 2.24) is 4.90 Å². The van der Waals surface area contributed by atoms with Crippen molar-refractivity contribution in [2.75, 3.05) is 20.6 Å². The molecule has 0 amide bonds. The standard InChI is InChI=1S/C12H24N2S/c1-9(12(3,4)5)11(15)8-13-10(2)14(6)7/h9H,8H2,1-7H3. The van der Waals surface area contributed by atoms with Crippen LogP contribution in [0.4, 0.5) is 0 Å². The molecule has 0 aromatic carbocycles. The van der Waals surface area contributed by atoms with Crippen molar-refractivity contribution in [3.8, 4) is 0 Å². The molecule has 3 heteroatoms. The monoisotopic (exact) mass is 228 g/mol. The van der Waals surface area contributed by atoms with Gasteiger partial charge >= 0.3 is 0 Å². The molecular formula is C12H24N2S. The Kier molecular flexibility index (Phi) is 5.43. The molecule has 1 atom stereocenters. The van der Waals surface area contributed by atoms with E-state index in [4.69, 9.17) is 12.2 Å². The van der Waals surface area contributed by atoms with E-state index in [2.05, 4.69) is 32.7 Å². The third-order valence-corrected chi connectivity index (χ3v) is 3.38. The Morgan fingerprint density at radius 2 is 1.80 bits per heavy atom. The summed E-state index contributed by atoms with van der Waals surface area (Å²) in [6.07, 6.45) is 0. The van der Waals surface area contributed by atoms with Crippen molar-refractivity contribution in [3.63, 3.8) is 0 Å². The number of aliphatic imine (C=N–C) groups is 1. The molecule has 0 bridgehead atoms. The van der Waals surface area contributed by atoms with Gasteiger partial charge in [0.05, 0.1) is 12.4 Å². The zero-order valence-corrected chi connectivity index (χ0v) is 11.9. The quantitative estimate of drug-likeness (QED) is 0.419.